The van der Waals surface area contributed by atoms with Crippen molar-refractivity contribution in [1.29, 1.82) is 0 Å². The molecular weight excluding hydrogens is 370 g/mol. The second kappa shape index (κ2) is 7.84. The fourth-order valence-corrected chi connectivity index (χ4v) is 3.95. The van der Waals surface area contributed by atoms with Gasteiger partial charge in [0.15, 0.2) is 5.69 Å². The molecule has 0 N–H and O–H groups in total. The van der Waals surface area contributed by atoms with Gasteiger partial charge in [0.05, 0.1) is 5.69 Å². The average Bonchev–Trinajstić information content (AvgIpc) is 3.25. The molecule has 1 unspecified atom stereocenters. The summed E-state index contributed by atoms with van der Waals surface area (Å²) in [6.45, 7) is 0.804. The van der Waals surface area contributed by atoms with Gasteiger partial charge in [-0.2, -0.15) is 0 Å². The summed E-state index contributed by atoms with van der Waals surface area (Å²) in [6, 6.07) is 23.3. The Bertz CT molecular complexity index is 1110. The lowest BCUT2D eigenvalue weighted by molar-refractivity contribution is 0.0995. The first-order valence-electron chi connectivity index (χ1n) is 10.0. The van der Waals surface area contributed by atoms with E-state index in [0.717, 1.165) is 23.6 Å². The highest BCUT2D eigenvalue weighted by molar-refractivity contribution is 6.12. The lowest BCUT2D eigenvalue weighted by atomic mass is 9.98. The smallest absolute Gasteiger partial charge is 0.283 e. The number of pyridine rings is 1. The van der Waals surface area contributed by atoms with Crippen molar-refractivity contribution in [3.05, 3.63) is 121 Å². The number of fused-ring (bicyclic) bond motifs is 1. The van der Waals surface area contributed by atoms with E-state index < -0.39 is 0 Å². The third-order valence-electron chi connectivity index (χ3n) is 5.40. The molecule has 1 atom stereocenters. The summed E-state index contributed by atoms with van der Waals surface area (Å²) in [7, 11) is 0. The molecule has 0 saturated carbocycles. The van der Waals surface area contributed by atoms with Crippen molar-refractivity contribution in [3.8, 4) is 0 Å². The number of para-hydroxylation sites is 2. The van der Waals surface area contributed by atoms with Crippen LogP contribution >= 0.6 is 0 Å². The summed E-state index contributed by atoms with van der Waals surface area (Å²) in [5.74, 6) is 0.194. The van der Waals surface area contributed by atoms with E-state index in [2.05, 4.69) is 34.3 Å². The predicted molar refractivity (Wildman–Crippen MR) is 121 cm³/mol. The number of allylic oxidation sites excluding steroid dienone is 3. The highest BCUT2D eigenvalue weighted by Crippen LogP contribution is 2.34. The van der Waals surface area contributed by atoms with Crippen LogP contribution < -0.4 is 9.80 Å². The minimum absolute atomic E-state index is 0.151. The molecule has 1 amide bonds. The fraction of sp³-hybridized carbons (Fsp3) is 0.0769. The first kappa shape index (κ1) is 18.1. The lowest BCUT2D eigenvalue weighted by Crippen LogP contribution is -2.29. The normalized spacial score (nSPS) is 16.9. The van der Waals surface area contributed by atoms with Gasteiger partial charge >= 0.3 is 0 Å². The standard InChI is InChI=1S/C26H21N3O/c30-26(29(22-12-3-1-4-13-22)23-14-5-2-6-15-23)25-24(16-9-17-27-25)28-18-20-10-7-8-11-21(20)19-28/h1-18,21H,19H2. The topological polar surface area (TPSA) is 36.4 Å². The number of hydrogen-bond donors (Lipinski definition) is 0. The molecule has 0 radical (unpaired) electrons. The molecule has 0 bridgehead atoms. The van der Waals surface area contributed by atoms with Gasteiger partial charge in [0.2, 0.25) is 0 Å². The Morgan fingerprint density at radius 2 is 1.60 bits per heavy atom. The van der Waals surface area contributed by atoms with Gasteiger partial charge in [0.1, 0.15) is 0 Å². The lowest BCUT2D eigenvalue weighted by Gasteiger charge is -2.25. The molecule has 4 heteroatoms. The quantitative estimate of drug-likeness (QED) is 0.589. The SMILES string of the molecule is O=C(c1ncccc1N1C=C2C=CC=CC2C1)N(c1ccccc1)c1ccccc1. The second-order valence-electron chi connectivity index (χ2n) is 7.31. The summed E-state index contributed by atoms with van der Waals surface area (Å²) in [6.07, 6.45) is 12.3. The fourth-order valence-electron chi connectivity index (χ4n) is 3.95. The molecule has 1 aliphatic carbocycles. The maximum Gasteiger partial charge on any atom is 0.283 e. The zero-order valence-corrected chi connectivity index (χ0v) is 16.4. The van der Waals surface area contributed by atoms with Crippen LogP contribution in [0.5, 0.6) is 0 Å². The van der Waals surface area contributed by atoms with Gasteiger partial charge in [-0.3, -0.25) is 9.69 Å². The van der Waals surface area contributed by atoms with Crippen LogP contribution in [0.4, 0.5) is 17.1 Å². The number of carbonyl (C=O) groups excluding carboxylic acids is 1. The van der Waals surface area contributed by atoms with Gasteiger partial charge in [-0.1, -0.05) is 60.7 Å². The summed E-state index contributed by atoms with van der Waals surface area (Å²) >= 11 is 0. The van der Waals surface area contributed by atoms with Crippen LogP contribution in [-0.4, -0.2) is 17.4 Å². The van der Waals surface area contributed by atoms with E-state index in [4.69, 9.17) is 0 Å². The molecule has 5 rings (SSSR count). The maximum atomic E-state index is 13.8. The Balaban J connectivity index is 1.57. The number of benzene rings is 2. The molecule has 3 aromatic rings. The monoisotopic (exact) mass is 391 g/mol. The molecule has 1 aliphatic heterocycles. The van der Waals surface area contributed by atoms with E-state index in [1.54, 1.807) is 11.1 Å². The van der Waals surface area contributed by atoms with E-state index in [0.29, 0.717) is 11.6 Å². The van der Waals surface area contributed by atoms with Crippen molar-refractivity contribution < 1.29 is 4.79 Å². The highest BCUT2D eigenvalue weighted by atomic mass is 16.2. The first-order valence-corrected chi connectivity index (χ1v) is 10.0. The van der Waals surface area contributed by atoms with E-state index in [-0.39, 0.29) is 5.91 Å². The van der Waals surface area contributed by atoms with Crippen molar-refractivity contribution in [2.45, 2.75) is 0 Å². The van der Waals surface area contributed by atoms with Crippen LogP contribution in [0.15, 0.2) is 115 Å². The van der Waals surface area contributed by atoms with Crippen LogP contribution in [0, 0.1) is 5.92 Å². The minimum atomic E-state index is -0.151. The van der Waals surface area contributed by atoms with E-state index in [1.165, 1.54) is 5.57 Å². The molecule has 2 heterocycles. The summed E-state index contributed by atoms with van der Waals surface area (Å²) in [5, 5.41) is 0. The second-order valence-corrected chi connectivity index (χ2v) is 7.31. The third kappa shape index (κ3) is 3.33. The Morgan fingerprint density at radius 3 is 2.27 bits per heavy atom. The number of amides is 1. The summed E-state index contributed by atoms with van der Waals surface area (Å²) in [4.78, 5) is 22.2. The zero-order valence-electron chi connectivity index (χ0n) is 16.4. The van der Waals surface area contributed by atoms with Gasteiger partial charge in [-0.05, 0) is 42.0 Å². The number of nitrogens with zero attached hydrogens (tertiary/aromatic N) is 3. The number of aromatic nitrogens is 1. The van der Waals surface area contributed by atoms with E-state index >= 15 is 0 Å². The van der Waals surface area contributed by atoms with Crippen LogP contribution in [0.25, 0.3) is 0 Å². The third-order valence-corrected chi connectivity index (χ3v) is 5.40. The van der Waals surface area contributed by atoms with Crippen LogP contribution in [0.1, 0.15) is 10.5 Å². The molecule has 0 spiro atoms. The summed E-state index contributed by atoms with van der Waals surface area (Å²) < 4.78 is 0. The van der Waals surface area contributed by atoms with Crippen molar-refractivity contribution in [2.75, 3.05) is 16.3 Å². The number of carbonyl (C=O) groups is 1. The molecule has 2 aliphatic rings. The average molecular weight is 391 g/mol. The van der Waals surface area contributed by atoms with E-state index in [9.17, 15) is 4.79 Å². The Morgan fingerprint density at radius 1 is 0.900 bits per heavy atom. The van der Waals surface area contributed by atoms with Gasteiger partial charge in [-0.25, -0.2) is 4.98 Å². The number of rotatable bonds is 4. The van der Waals surface area contributed by atoms with Crippen LogP contribution in [-0.2, 0) is 0 Å². The first-order chi connectivity index (χ1) is 14.8. The largest absolute Gasteiger partial charge is 0.345 e. The predicted octanol–water partition coefficient (Wildman–Crippen LogP) is 5.51. The molecule has 4 nitrogen and oxygen atoms in total. The van der Waals surface area contributed by atoms with Crippen molar-refractivity contribution in [3.63, 3.8) is 0 Å². The zero-order chi connectivity index (χ0) is 20.3. The van der Waals surface area contributed by atoms with Gasteiger partial charge in [0.25, 0.3) is 5.91 Å². The number of anilines is 3. The molecular formula is C26H21N3O. The minimum Gasteiger partial charge on any atom is -0.345 e. The van der Waals surface area contributed by atoms with E-state index in [1.807, 2.05) is 78.9 Å². The Kier molecular flexibility index (Phi) is 4.74. The van der Waals surface area contributed by atoms with Crippen LogP contribution in [0.2, 0.25) is 0 Å². The highest BCUT2D eigenvalue weighted by Gasteiger charge is 2.29. The molecule has 0 saturated heterocycles. The molecule has 1 aromatic heterocycles. The van der Waals surface area contributed by atoms with Crippen molar-refractivity contribution in [2.24, 2.45) is 5.92 Å². The summed E-state index contributed by atoms with van der Waals surface area (Å²) in [5.41, 5.74) is 4.13. The molecule has 0 fully saturated rings. The van der Waals surface area contributed by atoms with Crippen molar-refractivity contribution in [1.82, 2.24) is 4.98 Å². The van der Waals surface area contributed by atoms with Crippen molar-refractivity contribution >= 4 is 23.0 Å². The Labute approximate surface area is 176 Å². The maximum absolute atomic E-state index is 13.8. The van der Waals surface area contributed by atoms with Gasteiger partial charge in [0, 0.05) is 36.2 Å². The molecule has 30 heavy (non-hydrogen) atoms. The Hall–Kier alpha value is -3.92. The number of hydrogen-bond acceptors (Lipinski definition) is 3. The van der Waals surface area contributed by atoms with Gasteiger partial charge in [-0.15, -0.1) is 0 Å². The molecule has 2 aromatic carbocycles. The van der Waals surface area contributed by atoms with Gasteiger partial charge < -0.3 is 4.90 Å². The van der Waals surface area contributed by atoms with Crippen LogP contribution in [0.3, 0.4) is 0 Å². The molecule has 146 valence electrons.